The first-order valence-corrected chi connectivity index (χ1v) is 6.06. The minimum atomic E-state index is 0.383. The van der Waals surface area contributed by atoms with Crippen LogP contribution in [0.5, 0.6) is 0 Å². The maximum Gasteiger partial charge on any atom is 0.222 e. The summed E-state index contributed by atoms with van der Waals surface area (Å²) in [5.74, 6) is 1.77. The number of hydrogen-bond acceptors (Lipinski definition) is 2. The predicted octanol–water partition coefficient (Wildman–Crippen LogP) is 1.67. The summed E-state index contributed by atoms with van der Waals surface area (Å²) >= 11 is 0. The monoisotopic (exact) mass is 211 g/mol. The molecule has 0 atom stereocenters. The average molecular weight is 211 g/mol. The number of likely N-dealkylation sites (tertiary alicyclic amines) is 1. The Hall–Kier alpha value is -0.570. The van der Waals surface area contributed by atoms with Gasteiger partial charge in [0.25, 0.3) is 0 Å². The van der Waals surface area contributed by atoms with Crippen LogP contribution in [0.3, 0.4) is 0 Å². The Labute approximate surface area is 91.8 Å². The molecule has 1 aliphatic heterocycles. The summed E-state index contributed by atoms with van der Waals surface area (Å²) in [6.07, 6.45) is 5.57. The summed E-state index contributed by atoms with van der Waals surface area (Å²) in [5.41, 5.74) is 0. The van der Waals surface area contributed by atoms with Gasteiger partial charge in [-0.3, -0.25) is 4.79 Å². The van der Waals surface area contributed by atoms with Crippen LogP contribution in [0.2, 0.25) is 0 Å². The lowest BCUT2D eigenvalue weighted by atomic mass is 9.97. The molecule has 3 nitrogen and oxygen atoms in total. The van der Waals surface area contributed by atoms with E-state index in [9.17, 15) is 4.79 Å². The van der Waals surface area contributed by atoms with Crippen molar-refractivity contribution >= 4 is 5.91 Å². The number of nitrogens with zero attached hydrogens (tertiary/aromatic N) is 1. The maximum absolute atomic E-state index is 11.8. The van der Waals surface area contributed by atoms with E-state index in [0.717, 1.165) is 39.0 Å². The largest absolute Gasteiger partial charge is 0.384 e. The highest BCUT2D eigenvalue weighted by Gasteiger charge is 2.28. The Kier molecular flexibility index (Phi) is 3.62. The number of carbonyl (C=O) groups excluding carboxylic acids is 1. The van der Waals surface area contributed by atoms with Gasteiger partial charge in [-0.25, -0.2) is 0 Å². The first-order valence-electron chi connectivity index (χ1n) is 6.06. The molecular formula is C12H21NO2. The Morgan fingerprint density at radius 3 is 2.40 bits per heavy atom. The summed E-state index contributed by atoms with van der Waals surface area (Å²) in [6.45, 7) is 2.74. The highest BCUT2D eigenvalue weighted by atomic mass is 16.5. The van der Waals surface area contributed by atoms with E-state index in [-0.39, 0.29) is 0 Å². The molecule has 0 radical (unpaired) electrons. The van der Waals surface area contributed by atoms with Gasteiger partial charge in [0.1, 0.15) is 0 Å². The van der Waals surface area contributed by atoms with Gasteiger partial charge in [-0.05, 0) is 37.5 Å². The third-order valence-electron chi connectivity index (χ3n) is 3.53. The number of methoxy groups -OCH3 is 1. The van der Waals surface area contributed by atoms with Gasteiger partial charge in [0.15, 0.2) is 0 Å². The fourth-order valence-electron chi connectivity index (χ4n) is 2.28. The molecule has 0 N–H and O–H groups in total. The van der Waals surface area contributed by atoms with Crippen LogP contribution >= 0.6 is 0 Å². The van der Waals surface area contributed by atoms with Gasteiger partial charge in [0.2, 0.25) is 5.91 Å². The molecule has 2 rings (SSSR count). The van der Waals surface area contributed by atoms with E-state index >= 15 is 0 Å². The summed E-state index contributed by atoms with van der Waals surface area (Å²) in [6, 6.07) is 0. The summed E-state index contributed by atoms with van der Waals surface area (Å²) in [4.78, 5) is 13.9. The summed E-state index contributed by atoms with van der Waals surface area (Å²) < 4.78 is 5.15. The zero-order valence-electron chi connectivity index (χ0n) is 9.58. The van der Waals surface area contributed by atoms with Crippen molar-refractivity contribution in [2.45, 2.75) is 32.1 Å². The molecule has 2 fully saturated rings. The smallest absolute Gasteiger partial charge is 0.222 e. The van der Waals surface area contributed by atoms with Crippen molar-refractivity contribution in [3.63, 3.8) is 0 Å². The van der Waals surface area contributed by atoms with Crippen molar-refractivity contribution in [3.05, 3.63) is 0 Å². The first-order chi connectivity index (χ1) is 7.29. The molecule has 0 aromatic rings. The zero-order valence-corrected chi connectivity index (χ0v) is 9.58. The van der Waals surface area contributed by atoms with Crippen LogP contribution in [0.15, 0.2) is 0 Å². The lowest BCUT2D eigenvalue weighted by Crippen LogP contribution is -2.39. The highest BCUT2D eigenvalue weighted by Crippen LogP contribution is 2.33. The van der Waals surface area contributed by atoms with Gasteiger partial charge >= 0.3 is 0 Å². The normalized spacial score (nSPS) is 23.1. The molecule has 1 saturated heterocycles. The Bertz CT molecular complexity index is 218. The second-order valence-electron chi connectivity index (χ2n) is 4.93. The van der Waals surface area contributed by atoms with Crippen LogP contribution in [0.1, 0.15) is 32.1 Å². The van der Waals surface area contributed by atoms with Crippen molar-refractivity contribution < 1.29 is 9.53 Å². The van der Waals surface area contributed by atoms with Crippen molar-refractivity contribution in [2.24, 2.45) is 11.8 Å². The summed E-state index contributed by atoms with van der Waals surface area (Å²) in [7, 11) is 1.75. The molecule has 1 aliphatic carbocycles. The standard InChI is InChI=1S/C12H21NO2/c1-15-9-11-4-6-13(7-5-11)12(14)8-10-2-3-10/h10-11H,2-9H2,1H3. The van der Waals surface area contributed by atoms with Crippen molar-refractivity contribution in [1.29, 1.82) is 0 Å². The molecule has 0 aromatic heterocycles. The lowest BCUT2D eigenvalue weighted by molar-refractivity contribution is -0.133. The molecule has 0 unspecified atom stereocenters. The van der Waals surface area contributed by atoms with E-state index in [4.69, 9.17) is 4.74 Å². The number of rotatable bonds is 4. The molecular weight excluding hydrogens is 190 g/mol. The maximum atomic E-state index is 11.8. The van der Waals surface area contributed by atoms with E-state index < -0.39 is 0 Å². The molecule has 15 heavy (non-hydrogen) atoms. The predicted molar refractivity (Wildman–Crippen MR) is 58.5 cm³/mol. The van der Waals surface area contributed by atoms with Crippen LogP contribution in [0, 0.1) is 11.8 Å². The quantitative estimate of drug-likeness (QED) is 0.708. The molecule has 1 saturated carbocycles. The SMILES string of the molecule is COCC1CCN(C(=O)CC2CC2)CC1. The van der Waals surface area contributed by atoms with E-state index in [0.29, 0.717) is 17.7 Å². The zero-order chi connectivity index (χ0) is 10.7. The van der Waals surface area contributed by atoms with Gasteiger partial charge in [0, 0.05) is 33.2 Å². The topological polar surface area (TPSA) is 29.5 Å². The fourth-order valence-corrected chi connectivity index (χ4v) is 2.28. The average Bonchev–Trinajstić information content (AvgIpc) is 3.03. The van der Waals surface area contributed by atoms with Crippen LogP contribution < -0.4 is 0 Å². The summed E-state index contributed by atoms with van der Waals surface area (Å²) in [5, 5.41) is 0. The number of piperidine rings is 1. The minimum Gasteiger partial charge on any atom is -0.384 e. The van der Waals surface area contributed by atoms with Crippen LogP contribution in [-0.4, -0.2) is 37.6 Å². The van der Waals surface area contributed by atoms with Gasteiger partial charge in [-0.2, -0.15) is 0 Å². The van der Waals surface area contributed by atoms with Crippen molar-refractivity contribution in [2.75, 3.05) is 26.8 Å². The Morgan fingerprint density at radius 2 is 1.87 bits per heavy atom. The van der Waals surface area contributed by atoms with Gasteiger partial charge < -0.3 is 9.64 Å². The number of ether oxygens (including phenoxy) is 1. The lowest BCUT2D eigenvalue weighted by Gasteiger charge is -2.31. The number of amides is 1. The van der Waals surface area contributed by atoms with Gasteiger partial charge in [-0.1, -0.05) is 0 Å². The highest BCUT2D eigenvalue weighted by molar-refractivity contribution is 5.76. The van der Waals surface area contributed by atoms with Crippen molar-refractivity contribution in [1.82, 2.24) is 4.90 Å². The number of hydrogen-bond donors (Lipinski definition) is 0. The van der Waals surface area contributed by atoms with Crippen molar-refractivity contribution in [3.8, 4) is 0 Å². The molecule has 3 heteroatoms. The van der Waals surface area contributed by atoms with E-state index in [2.05, 4.69) is 0 Å². The third kappa shape index (κ3) is 3.20. The number of carbonyl (C=O) groups is 1. The molecule has 1 heterocycles. The van der Waals surface area contributed by atoms with Gasteiger partial charge in [-0.15, -0.1) is 0 Å². The second-order valence-corrected chi connectivity index (χ2v) is 4.93. The molecule has 86 valence electrons. The van der Waals surface area contributed by atoms with Gasteiger partial charge in [0.05, 0.1) is 0 Å². The molecule has 0 bridgehead atoms. The second kappa shape index (κ2) is 4.97. The van der Waals surface area contributed by atoms with E-state index in [1.807, 2.05) is 4.90 Å². The molecule has 0 spiro atoms. The van der Waals surface area contributed by atoms with E-state index in [1.165, 1.54) is 12.8 Å². The van der Waals surface area contributed by atoms with Crippen LogP contribution in [0.4, 0.5) is 0 Å². The fraction of sp³-hybridized carbons (Fsp3) is 0.917. The third-order valence-corrected chi connectivity index (χ3v) is 3.53. The molecule has 1 amide bonds. The first kappa shape index (κ1) is 10.9. The Balaban J connectivity index is 1.69. The molecule has 0 aromatic carbocycles. The minimum absolute atomic E-state index is 0.383. The van der Waals surface area contributed by atoms with E-state index in [1.54, 1.807) is 7.11 Å². The van der Waals surface area contributed by atoms with Crippen LogP contribution in [0.25, 0.3) is 0 Å². The van der Waals surface area contributed by atoms with Crippen LogP contribution in [-0.2, 0) is 9.53 Å². The Morgan fingerprint density at radius 1 is 1.20 bits per heavy atom. The molecule has 2 aliphatic rings.